The van der Waals surface area contributed by atoms with Gasteiger partial charge in [-0.05, 0) is 42.8 Å². The van der Waals surface area contributed by atoms with Crippen molar-refractivity contribution in [3.8, 4) is 5.75 Å². The SMILES string of the molecule is COc1ccccc1CNC(=O)c1ccccc1NC(=O)[C@@H]1CC(=O)N(c2cccc(Cl)c2C)C1. The highest BCUT2D eigenvalue weighted by Crippen LogP contribution is 2.32. The van der Waals surface area contributed by atoms with Crippen molar-refractivity contribution in [3.63, 3.8) is 0 Å². The average Bonchev–Trinajstić information content (AvgIpc) is 3.26. The molecule has 180 valence electrons. The molecule has 0 spiro atoms. The summed E-state index contributed by atoms with van der Waals surface area (Å²) >= 11 is 6.21. The number of hydrogen-bond donors (Lipinski definition) is 2. The number of benzene rings is 3. The van der Waals surface area contributed by atoms with E-state index in [1.54, 1.807) is 48.4 Å². The van der Waals surface area contributed by atoms with Crippen LogP contribution in [0, 0.1) is 12.8 Å². The maximum Gasteiger partial charge on any atom is 0.253 e. The van der Waals surface area contributed by atoms with E-state index >= 15 is 0 Å². The summed E-state index contributed by atoms with van der Waals surface area (Å²) in [6, 6.07) is 19.6. The molecule has 1 atom stereocenters. The number of carbonyl (C=O) groups is 3. The first-order valence-corrected chi connectivity index (χ1v) is 11.6. The Hall–Kier alpha value is -3.84. The second-order valence-corrected chi connectivity index (χ2v) is 8.73. The van der Waals surface area contributed by atoms with E-state index in [4.69, 9.17) is 16.3 Å². The third-order valence-electron chi connectivity index (χ3n) is 6.09. The molecule has 0 saturated carbocycles. The second-order valence-electron chi connectivity index (χ2n) is 8.32. The lowest BCUT2D eigenvalue weighted by atomic mass is 10.1. The zero-order valence-electron chi connectivity index (χ0n) is 19.5. The number of halogens is 1. The Morgan fingerprint density at radius 2 is 1.80 bits per heavy atom. The Balaban J connectivity index is 1.44. The third kappa shape index (κ3) is 5.30. The summed E-state index contributed by atoms with van der Waals surface area (Å²) in [6.45, 7) is 2.36. The lowest BCUT2D eigenvalue weighted by molar-refractivity contribution is -0.122. The van der Waals surface area contributed by atoms with Crippen molar-refractivity contribution in [3.05, 3.63) is 88.4 Å². The Morgan fingerprint density at radius 3 is 2.60 bits per heavy atom. The zero-order valence-corrected chi connectivity index (χ0v) is 20.3. The number of rotatable bonds is 7. The van der Waals surface area contributed by atoms with Crippen molar-refractivity contribution in [1.29, 1.82) is 0 Å². The summed E-state index contributed by atoms with van der Waals surface area (Å²) in [7, 11) is 1.58. The average molecular weight is 492 g/mol. The topological polar surface area (TPSA) is 87.7 Å². The van der Waals surface area contributed by atoms with Gasteiger partial charge in [0.15, 0.2) is 0 Å². The fourth-order valence-corrected chi connectivity index (χ4v) is 4.32. The van der Waals surface area contributed by atoms with Crippen molar-refractivity contribution >= 4 is 40.7 Å². The molecule has 4 rings (SSSR count). The standard InChI is InChI=1S/C27H26ClN3O4/c1-17-21(28)10-7-12-23(17)31-16-19(14-25(31)32)26(33)30-22-11-5-4-9-20(22)27(34)29-15-18-8-3-6-13-24(18)35-2/h3-13,19H,14-16H2,1-2H3,(H,29,34)(H,30,33)/t19-/m1/s1. The molecule has 1 fully saturated rings. The van der Waals surface area contributed by atoms with Gasteiger partial charge >= 0.3 is 0 Å². The molecule has 0 aromatic heterocycles. The Kier molecular flexibility index (Phi) is 7.36. The van der Waals surface area contributed by atoms with Crippen molar-refractivity contribution in [2.75, 3.05) is 23.9 Å². The predicted molar refractivity (Wildman–Crippen MR) is 136 cm³/mol. The van der Waals surface area contributed by atoms with E-state index < -0.39 is 5.92 Å². The summed E-state index contributed by atoms with van der Waals surface area (Å²) in [5.74, 6) is -0.653. The van der Waals surface area contributed by atoms with E-state index in [9.17, 15) is 14.4 Å². The van der Waals surface area contributed by atoms with E-state index in [0.717, 1.165) is 11.1 Å². The van der Waals surface area contributed by atoms with Crippen LogP contribution >= 0.6 is 11.6 Å². The van der Waals surface area contributed by atoms with Gasteiger partial charge < -0.3 is 20.3 Å². The molecule has 0 aliphatic carbocycles. The van der Waals surface area contributed by atoms with Gasteiger partial charge in [-0.1, -0.05) is 48.0 Å². The molecule has 1 aliphatic rings. The molecule has 1 saturated heterocycles. The summed E-state index contributed by atoms with van der Waals surface area (Å²) in [6.07, 6.45) is 0.0833. The number of amides is 3. The first kappa shape index (κ1) is 24.3. The van der Waals surface area contributed by atoms with Gasteiger partial charge in [-0.2, -0.15) is 0 Å². The summed E-state index contributed by atoms with van der Waals surface area (Å²) in [4.78, 5) is 40.3. The van der Waals surface area contributed by atoms with Crippen LogP contribution in [-0.4, -0.2) is 31.4 Å². The molecule has 3 aromatic carbocycles. The van der Waals surface area contributed by atoms with Crippen LogP contribution in [0.15, 0.2) is 66.7 Å². The minimum atomic E-state index is -0.550. The number of anilines is 2. The van der Waals surface area contributed by atoms with Crippen LogP contribution < -0.4 is 20.3 Å². The monoisotopic (exact) mass is 491 g/mol. The minimum absolute atomic E-state index is 0.0833. The molecule has 3 aromatic rings. The second kappa shape index (κ2) is 10.6. The van der Waals surface area contributed by atoms with E-state index in [-0.39, 0.29) is 37.2 Å². The van der Waals surface area contributed by atoms with Gasteiger partial charge in [0.2, 0.25) is 11.8 Å². The maximum absolute atomic E-state index is 13.1. The van der Waals surface area contributed by atoms with Crippen LogP contribution in [0.1, 0.15) is 27.9 Å². The first-order chi connectivity index (χ1) is 16.9. The van der Waals surface area contributed by atoms with Crippen molar-refractivity contribution in [2.24, 2.45) is 5.92 Å². The first-order valence-electron chi connectivity index (χ1n) is 11.2. The van der Waals surface area contributed by atoms with Gasteiger partial charge in [0.25, 0.3) is 5.91 Å². The van der Waals surface area contributed by atoms with Crippen LogP contribution in [-0.2, 0) is 16.1 Å². The number of carbonyl (C=O) groups excluding carboxylic acids is 3. The largest absolute Gasteiger partial charge is 0.496 e. The quantitative estimate of drug-likeness (QED) is 0.506. The lowest BCUT2D eigenvalue weighted by Crippen LogP contribution is -2.29. The van der Waals surface area contributed by atoms with Crippen LogP contribution in [0.25, 0.3) is 0 Å². The number of hydrogen-bond acceptors (Lipinski definition) is 4. The van der Waals surface area contributed by atoms with Gasteiger partial charge in [0.05, 0.1) is 24.3 Å². The predicted octanol–water partition coefficient (Wildman–Crippen LogP) is 4.58. The summed E-state index contributed by atoms with van der Waals surface area (Å²) in [5.41, 5.74) is 3.06. The number of nitrogens with one attached hydrogen (secondary N) is 2. The lowest BCUT2D eigenvalue weighted by Gasteiger charge is -2.20. The molecule has 8 heteroatoms. The van der Waals surface area contributed by atoms with Crippen LogP contribution in [0.2, 0.25) is 5.02 Å². The smallest absolute Gasteiger partial charge is 0.253 e. The van der Waals surface area contributed by atoms with Crippen LogP contribution in [0.3, 0.4) is 0 Å². The van der Waals surface area contributed by atoms with E-state index in [1.165, 1.54) is 0 Å². The van der Waals surface area contributed by atoms with E-state index in [0.29, 0.717) is 27.7 Å². The van der Waals surface area contributed by atoms with Gasteiger partial charge in [0, 0.05) is 35.8 Å². The molecule has 3 amide bonds. The Bertz CT molecular complexity index is 1280. The molecule has 2 N–H and O–H groups in total. The molecule has 35 heavy (non-hydrogen) atoms. The molecule has 0 unspecified atom stereocenters. The van der Waals surface area contributed by atoms with Gasteiger partial charge in [0.1, 0.15) is 5.75 Å². The summed E-state index contributed by atoms with van der Waals surface area (Å²) < 4.78 is 5.33. The fourth-order valence-electron chi connectivity index (χ4n) is 4.15. The molecule has 0 radical (unpaired) electrons. The van der Waals surface area contributed by atoms with Gasteiger partial charge in [-0.15, -0.1) is 0 Å². The molecule has 1 aliphatic heterocycles. The number of para-hydroxylation sites is 2. The maximum atomic E-state index is 13.1. The molecule has 0 bridgehead atoms. The Morgan fingerprint density at radius 1 is 1.06 bits per heavy atom. The highest BCUT2D eigenvalue weighted by Gasteiger charge is 2.36. The van der Waals surface area contributed by atoms with Gasteiger partial charge in [-0.25, -0.2) is 0 Å². The minimum Gasteiger partial charge on any atom is -0.496 e. The highest BCUT2D eigenvalue weighted by atomic mass is 35.5. The molecular formula is C27H26ClN3O4. The molecule has 1 heterocycles. The van der Waals surface area contributed by atoms with Gasteiger partial charge in [-0.3, -0.25) is 14.4 Å². The molecular weight excluding hydrogens is 466 g/mol. The number of methoxy groups -OCH3 is 1. The summed E-state index contributed by atoms with van der Waals surface area (Å²) in [5, 5.41) is 6.28. The van der Waals surface area contributed by atoms with Crippen LogP contribution in [0.4, 0.5) is 11.4 Å². The van der Waals surface area contributed by atoms with Crippen LogP contribution in [0.5, 0.6) is 5.75 Å². The van der Waals surface area contributed by atoms with E-state index in [2.05, 4.69) is 10.6 Å². The van der Waals surface area contributed by atoms with Crippen molar-refractivity contribution in [2.45, 2.75) is 19.9 Å². The highest BCUT2D eigenvalue weighted by molar-refractivity contribution is 6.31. The molecule has 7 nitrogen and oxygen atoms in total. The number of nitrogens with zero attached hydrogens (tertiary/aromatic N) is 1. The Labute approximate surface area is 209 Å². The third-order valence-corrected chi connectivity index (χ3v) is 6.50. The van der Waals surface area contributed by atoms with E-state index in [1.807, 2.05) is 37.3 Å². The number of ether oxygens (including phenoxy) is 1. The van der Waals surface area contributed by atoms with Crippen molar-refractivity contribution in [1.82, 2.24) is 5.32 Å². The fraction of sp³-hybridized carbons (Fsp3) is 0.222. The zero-order chi connectivity index (χ0) is 24.9. The normalized spacial score (nSPS) is 15.1. The van der Waals surface area contributed by atoms with Crippen molar-refractivity contribution < 1.29 is 19.1 Å².